The molecule has 128 valence electrons. The van der Waals surface area contributed by atoms with E-state index in [2.05, 4.69) is 69.3 Å². The highest BCUT2D eigenvalue weighted by Crippen LogP contribution is 2.25. The second-order valence-corrected chi connectivity index (χ2v) is 6.13. The molecule has 3 rings (SSSR count). The molecule has 0 atom stereocenters. The third-order valence-corrected chi connectivity index (χ3v) is 4.56. The van der Waals surface area contributed by atoms with Gasteiger partial charge in [0, 0.05) is 37.6 Å². The van der Waals surface area contributed by atoms with Gasteiger partial charge < -0.3 is 15.1 Å². The highest BCUT2D eigenvalue weighted by atomic mass is 15.3. The van der Waals surface area contributed by atoms with E-state index in [-0.39, 0.29) is 0 Å². The van der Waals surface area contributed by atoms with Gasteiger partial charge in [-0.25, -0.2) is 0 Å². The van der Waals surface area contributed by atoms with E-state index in [4.69, 9.17) is 0 Å². The summed E-state index contributed by atoms with van der Waals surface area (Å²) in [7, 11) is 0. The fourth-order valence-corrected chi connectivity index (χ4v) is 3.14. The first-order chi connectivity index (χ1) is 11.7. The predicted octanol–water partition coefficient (Wildman–Crippen LogP) is 3.37. The van der Waals surface area contributed by atoms with E-state index in [1.54, 1.807) is 6.20 Å². The van der Waals surface area contributed by atoms with Crippen molar-refractivity contribution in [1.82, 2.24) is 15.2 Å². The van der Waals surface area contributed by atoms with Crippen molar-refractivity contribution in [1.29, 1.82) is 0 Å². The number of aromatic nitrogens is 3. The topological polar surface area (TPSA) is 57.2 Å². The van der Waals surface area contributed by atoms with E-state index in [0.29, 0.717) is 5.95 Å². The van der Waals surface area contributed by atoms with E-state index < -0.39 is 0 Å². The van der Waals surface area contributed by atoms with Crippen LogP contribution < -0.4 is 15.1 Å². The van der Waals surface area contributed by atoms with Crippen LogP contribution in [0.25, 0.3) is 0 Å². The summed E-state index contributed by atoms with van der Waals surface area (Å²) in [6, 6.07) is 6.43. The van der Waals surface area contributed by atoms with Crippen LogP contribution in [-0.4, -0.2) is 41.4 Å². The molecule has 0 aliphatic carbocycles. The van der Waals surface area contributed by atoms with Crippen molar-refractivity contribution in [3.8, 4) is 0 Å². The smallest absolute Gasteiger partial charge is 0.249 e. The van der Waals surface area contributed by atoms with Gasteiger partial charge in [-0.05, 0) is 57.4 Å². The molecule has 24 heavy (non-hydrogen) atoms. The molecule has 1 aromatic heterocycles. The van der Waals surface area contributed by atoms with Crippen LogP contribution in [0.2, 0.25) is 0 Å². The largest absolute Gasteiger partial charge is 0.372 e. The van der Waals surface area contributed by atoms with E-state index in [9.17, 15) is 0 Å². The Morgan fingerprint density at radius 1 is 1.17 bits per heavy atom. The highest BCUT2D eigenvalue weighted by Gasteiger charge is 2.15. The molecule has 0 amide bonds. The van der Waals surface area contributed by atoms with E-state index in [0.717, 1.165) is 37.7 Å². The summed E-state index contributed by atoms with van der Waals surface area (Å²) >= 11 is 0. The monoisotopic (exact) mass is 326 g/mol. The fourth-order valence-electron chi connectivity index (χ4n) is 3.14. The lowest BCUT2D eigenvalue weighted by molar-refractivity contribution is 0.865. The molecule has 6 nitrogen and oxygen atoms in total. The van der Waals surface area contributed by atoms with Crippen LogP contribution in [0.3, 0.4) is 0 Å². The molecule has 0 spiro atoms. The molecule has 1 saturated heterocycles. The van der Waals surface area contributed by atoms with Crippen molar-refractivity contribution in [2.75, 3.05) is 41.3 Å². The Morgan fingerprint density at radius 2 is 1.92 bits per heavy atom. The average Bonchev–Trinajstić information content (AvgIpc) is 3.13. The highest BCUT2D eigenvalue weighted by molar-refractivity contribution is 5.64. The second kappa shape index (κ2) is 7.47. The maximum absolute atomic E-state index is 4.61. The Morgan fingerprint density at radius 3 is 2.58 bits per heavy atom. The SMILES string of the molecule is CCN(CC)c1ccc(Nc2nncc(N3CCCC3)n2)c(C)c1. The number of hydrogen-bond donors (Lipinski definition) is 1. The molecule has 1 aromatic carbocycles. The number of nitrogens with one attached hydrogen (secondary N) is 1. The van der Waals surface area contributed by atoms with E-state index in [1.165, 1.54) is 24.1 Å². The Labute approximate surface area is 143 Å². The quantitative estimate of drug-likeness (QED) is 0.878. The molecule has 1 aliphatic rings. The third kappa shape index (κ3) is 3.58. The van der Waals surface area contributed by atoms with E-state index >= 15 is 0 Å². The minimum absolute atomic E-state index is 0.554. The van der Waals surface area contributed by atoms with Gasteiger partial charge in [-0.3, -0.25) is 0 Å². The first-order valence-electron chi connectivity index (χ1n) is 8.78. The van der Waals surface area contributed by atoms with Crippen molar-refractivity contribution in [2.45, 2.75) is 33.6 Å². The number of benzene rings is 1. The third-order valence-electron chi connectivity index (χ3n) is 4.56. The van der Waals surface area contributed by atoms with Gasteiger partial charge in [0.1, 0.15) is 0 Å². The second-order valence-electron chi connectivity index (χ2n) is 6.13. The van der Waals surface area contributed by atoms with Crippen LogP contribution >= 0.6 is 0 Å². The molecule has 0 saturated carbocycles. The lowest BCUT2D eigenvalue weighted by atomic mass is 10.1. The lowest BCUT2D eigenvalue weighted by Gasteiger charge is -2.22. The summed E-state index contributed by atoms with van der Waals surface area (Å²) < 4.78 is 0. The van der Waals surface area contributed by atoms with Crippen LogP contribution in [0.5, 0.6) is 0 Å². The van der Waals surface area contributed by atoms with Gasteiger partial charge in [0.15, 0.2) is 5.82 Å². The molecule has 0 unspecified atom stereocenters. The number of nitrogens with zero attached hydrogens (tertiary/aromatic N) is 5. The Kier molecular flexibility index (Phi) is 5.13. The van der Waals surface area contributed by atoms with Crippen molar-refractivity contribution < 1.29 is 0 Å². The zero-order valence-electron chi connectivity index (χ0n) is 14.8. The lowest BCUT2D eigenvalue weighted by Crippen LogP contribution is -2.21. The molecular formula is C18H26N6. The fraction of sp³-hybridized carbons (Fsp3) is 0.500. The summed E-state index contributed by atoms with van der Waals surface area (Å²) in [6.07, 6.45) is 4.18. The number of rotatable bonds is 6. The minimum atomic E-state index is 0.554. The first kappa shape index (κ1) is 16.5. The number of hydrogen-bond acceptors (Lipinski definition) is 6. The summed E-state index contributed by atoms with van der Waals surface area (Å²) in [6.45, 7) is 10.6. The van der Waals surface area contributed by atoms with Gasteiger partial charge >= 0.3 is 0 Å². The van der Waals surface area contributed by atoms with Crippen LogP contribution in [0.15, 0.2) is 24.4 Å². The minimum Gasteiger partial charge on any atom is -0.372 e. The predicted molar refractivity (Wildman–Crippen MR) is 99.3 cm³/mol. The van der Waals surface area contributed by atoms with Gasteiger partial charge in [0.2, 0.25) is 5.95 Å². The molecule has 2 aromatic rings. The van der Waals surface area contributed by atoms with Crippen molar-refractivity contribution in [2.24, 2.45) is 0 Å². The van der Waals surface area contributed by atoms with Gasteiger partial charge in [-0.15, -0.1) is 5.10 Å². The van der Waals surface area contributed by atoms with Crippen molar-refractivity contribution >= 4 is 23.1 Å². The standard InChI is InChI=1S/C18H26N6/c1-4-23(5-2)15-8-9-16(14(3)12-15)20-18-21-17(13-19-22-18)24-10-6-7-11-24/h8-9,12-13H,4-7,10-11H2,1-3H3,(H,20,21,22). The van der Waals surface area contributed by atoms with Gasteiger partial charge in [0.25, 0.3) is 0 Å². The number of aryl methyl sites for hydroxylation is 1. The van der Waals surface area contributed by atoms with Crippen LogP contribution in [0.4, 0.5) is 23.1 Å². The summed E-state index contributed by atoms with van der Waals surface area (Å²) in [5.41, 5.74) is 3.44. The molecular weight excluding hydrogens is 300 g/mol. The molecule has 1 fully saturated rings. The number of anilines is 4. The van der Waals surface area contributed by atoms with Crippen LogP contribution in [0.1, 0.15) is 32.3 Å². The average molecular weight is 326 g/mol. The molecule has 6 heteroatoms. The zero-order valence-corrected chi connectivity index (χ0v) is 14.8. The van der Waals surface area contributed by atoms with Crippen LogP contribution in [-0.2, 0) is 0 Å². The first-order valence-corrected chi connectivity index (χ1v) is 8.78. The van der Waals surface area contributed by atoms with Crippen molar-refractivity contribution in [3.05, 3.63) is 30.0 Å². The van der Waals surface area contributed by atoms with Gasteiger partial charge in [-0.1, -0.05) is 0 Å². The maximum Gasteiger partial charge on any atom is 0.249 e. The van der Waals surface area contributed by atoms with Crippen molar-refractivity contribution in [3.63, 3.8) is 0 Å². The Hall–Kier alpha value is -2.37. The normalized spacial score (nSPS) is 14.0. The van der Waals surface area contributed by atoms with Crippen LogP contribution in [0, 0.1) is 6.92 Å². The molecule has 0 bridgehead atoms. The summed E-state index contributed by atoms with van der Waals surface area (Å²) in [4.78, 5) is 9.21. The van der Waals surface area contributed by atoms with Gasteiger partial charge in [0.05, 0.1) is 6.20 Å². The summed E-state index contributed by atoms with van der Waals surface area (Å²) in [5.74, 6) is 1.46. The maximum atomic E-state index is 4.61. The Bertz CT molecular complexity index is 677. The molecule has 1 N–H and O–H groups in total. The summed E-state index contributed by atoms with van der Waals surface area (Å²) in [5, 5.41) is 11.5. The Balaban J connectivity index is 1.77. The molecule has 2 heterocycles. The van der Waals surface area contributed by atoms with E-state index in [1.807, 2.05) is 0 Å². The zero-order chi connectivity index (χ0) is 16.9. The van der Waals surface area contributed by atoms with Gasteiger partial charge in [-0.2, -0.15) is 10.1 Å². The molecule has 0 radical (unpaired) electrons. The molecule has 1 aliphatic heterocycles.